The third-order valence-corrected chi connectivity index (χ3v) is 4.16. The van der Waals surface area contributed by atoms with Crippen molar-refractivity contribution in [2.75, 3.05) is 0 Å². The number of aromatic nitrogens is 2. The van der Waals surface area contributed by atoms with Crippen LogP contribution in [0.1, 0.15) is 31.0 Å². The van der Waals surface area contributed by atoms with Crippen molar-refractivity contribution in [1.29, 1.82) is 0 Å². The van der Waals surface area contributed by atoms with Gasteiger partial charge in [-0.25, -0.2) is 18.7 Å². The highest BCUT2D eigenvalue weighted by atomic mass is 35.5. The fourth-order valence-corrected chi connectivity index (χ4v) is 3.10. The van der Waals surface area contributed by atoms with Gasteiger partial charge in [0.15, 0.2) is 5.82 Å². The molecule has 24 heavy (non-hydrogen) atoms. The summed E-state index contributed by atoms with van der Waals surface area (Å²) in [5.74, 6) is -1.85. The first-order valence-electron chi connectivity index (χ1n) is 7.43. The molecule has 0 aliphatic carbocycles. The van der Waals surface area contributed by atoms with Gasteiger partial charge in [0.1, 0.15) is 23.4 Å². The van der Waals surface area contributed by atoms with E-state index >= 15 is 4.39 Å². The number of hydrogen-bond acceptors (Lipinski definition) is 3. The van der Waals surface area contributed by atoms with Gasteiger partial charge in [0.25, 0.3) is 0 Å². The van der Waals surface area contributed by atoms with Crippen molar-refractivity contribution in [3.63, 3.8) is 0 Å². The fourth-order valence-electron chi connectivity index (χ4n) is 2.81. The van der Waals surface area contributed by atoms with E-state index in [4.69, 9.17) is 11.6 Å². The Hall–Kier alpha value is -2.27. The highest BCUT2D eigenvalue weighted by Gasteiger charge is 2.23. The molecule has 0 saturated carbocycles. The molecule has 6 heteroatoms. The van der Waals surface area contributed by atoms with E-state index in [9.17, 15) is 9.50 Å². The highest BCUT2D eigenvalue weighted by molar-refractivity contribution is 6.34. The van der Waals surface area contributed by atoms with Crippen LogP contribution in [0.5, 0.6) is 5.75 Å². The van der Waals surface area contributed by atoms with Crippen molar-refractivity contribution in [2.45, 2.75) is 26.7 Å². The maximum Gasteiger partial charge on any atom is 0.159 e. The molecule has 0 unspecified atom stereocenters. The molecule has 0 atom stereocenters. The fraction of sp³-hybridized carbons (Fsp3) is 0.222. The van der Waals surface area contributed by atoms with Gasteiger partial charge >= 0.3 is 0 Å². The predicted molar refractivity (Wildman–Crippen MR) is 90.4 cm³/mol. The summed E-state index contributed by atoms with van der Waals surface area (Å²) >= 11 is 6.23. The summed E-state index contributed by atoms with van der Waals surface area (Å²) in [6.07, 6.45) is 1.27. The number of fused-ring (bicyclic) bond motifs is 1. The maximum atomic E-state index is 15.1. The van der Waals surface area contributed by atoms with Crippen LogP contribution in [0.15, 0.2) is 24.5 Å². The molecule has 3 nitrogen and oxygen atoms in total. The van der Waals surface area contributed by atoms with Gasteiger partial charge in [-0.1, -0.05) is 25.4 Å². The topological polar surface area (TPSA) is 46.0 Å². The molecule has 0 saturated heterocycles. The third-order valence-electron chi connectivity index (χ3n) is 3.86. The summed E-state index contributed by atoms with van der Waals surface area (Å²) in [7, 11) is 0. The van der Waals surface area contributed by atoms with Gasteiger partial charge in [-0.15, -0.1) is 0 Å². The lowest BCUT2D eigenvalue weighted by Crippen LogP contribution is -2.00. The number of halogens is 3. The minimum atomic E-state index is -0.778. The van der Waals surface area contributed by atoms with Gasteiger partial charge in [0, 0.05) is 10.9 Å². The molecule has 2 aromatic carbocycles. The van der Waals surface area contributed by atoms with E-state index in [0.29, 0.717) is 16.6 Å². The predicted octanol–water partition coefficient (Wildman–Crippen LogP) is 5.37. The Bertz CT molecular complexity index is 934. The van der Waals surface area contributed by atoms with Crippen LogP contribution in [0.4, 0.5) is 8.78 Å². The summed E-state index contributed by atoms with van der Waals surface area (Å²) in [5, 5.41) is 10.6. The molecule has 124 valence electrons. The van der Waals surface area contributed by atoms with Crippen LogP contribution in [0.3, 0.4) is 0 Å². The Morgan fingerprint density at radius 1 is 1.08 bits per heavy atom. The van der Waals surface area contributed by atoms with Gasteiger partial charge < -0.3 is 5.11 Å². The first-order valence-corrected chi connectivity index (χ1v) is 7.81. The molecule has 0 aliphatic heterocycles. The Morgan fingerprint density at radius 2 is 1.79 bits per heavy atom. The standard InChI is InChI=1S/C18H15ClF2N2O/c1-8(2)17-10-6-11(19)14(16(21)18(10)23-7-22-17)15-12(20)4-9(3)5-13(15)24/h4-8,24H,1-3H3. The first-order chi connectivity index (χ1) is 11.3. The third kappa shape index (κ3) is 2.59. The first kappa shape index (κ1) is 16.6. The molecule has 0 bridgehead atoms. The molecule has 1 aromatic heterocycles. The number of benzene rings is 2. The lowest BCUT2D eigenvalue weighted by atomic mass is 9.97. The highest BCUT2D eigenvalue weighted by Crippen LogP contribution is 2.42. The van der Waals surface area contributed by atoms with Crippen LogP contribution in [0, 0.1) is 18.6 Å². The van der Waals surface area contributed by atoms with E-state index in [2.05, 4.69) is 9.97 Å². The summed E-state index contributed by atoms with van der Waals surface area (Å²) in [6, 6.07) is 4.09. The average Bonchev–Trinajstić information content (AvgIpc) is 2.48. The van der Waals surface area contributed by atoms with E-state index in [1.807, 2.05) is 13.8 Å². The number of hydrogen-bond donors (Lipinski definition) is 1. The number of aryl methyl sites for hydroxylation is 1. The van der Waals surface area contributed by atoms with Crippen molar-refractivity contribution in [2.24, 2.45) is 0 Å². The Labute approximate surface area is 142 Å². The van der Waals surface area contributed by atoms with Crippen LogP contribution in [0.2, 0.25) is 5.02 Å². The second-order valence-corrected chi connectivity index (χ2v) is 6.41. The van der Waals surface area contributed by atoms with Gasteiger partial charge in [-0.3, -0.25) is 0 Å². The summed E-state index contributed by atoms with van der Waals surface area (Å²) in [5.41, 5.74) is 0.756. The maximum absolute atomic E-state index is 15.1. The minimum absolute atomic E-state index is 0.00486. The van der Waals surface area contributed by atoms with Crippen molar-refractivity contribution in [3.8, 4) is 16.9 Å². The monoisotopic (exact) mass is 348 g/mol. The largest absolute Gasteiger partial charge is 0.507 e. The summed E-state index contributed by atoms with van der Waals surface area (Å²) in [4.78, 5) is 8.16. The second-order valence-electron chi connectivity index (χ2n) is 6.00. The van der Waals surface area contributed by atoms with Gasteiger partial charge in [0.2, 0.25) is 0 Å². The lowest BCUT2D eigenvalue weighted by molar-refractivity contribution is 0.470. The van der Waals surface area contributed by atoms with Crippen molar-refractivity contribution < 1.29 is 13.9 Å². The number of phenolic OH excluding ortho intramolecular Hbond substituents is 1. The lowest BCUT2D eigenvalue weighted by Gasteiger charge is -2.14. The van der Waals surface area contributed by atoms with Crippen LogP contribution in [0.25, 0.3) is 22.0 Å². The molecule has 3 rings (SSSR count). The van der Waals surface area contributed by atoms with E-state index in [0.717, 1.165) is 0 Å². The summed E-state index contributed by atoms with van der Waals surface area (Å²) < 4.78 is 29.4. The zero-order chi connectivity index (χ0) is 17.6. The zero-order valence-corrected chi connectivity index (χ0v) is 14.1. The SMILES string of the molecule is Cc1cc(O)c(-c2c(Cl)cc3c(C(C)C)ncnc3c2F)c(F)c1. The smallest absolute Gasteiger partial charge is 0.159 e. The molecule has 0 radical (unpaired) electrons. The van der Waals surface area contributed by atoms with Crippen molar-refractivity contribution in [3.05, 3.63) is 52.4 Å². The molecule has 0 fully saturated rings. The Balaban J connectivity index is 2.40. The van der Waals surface area contributed by atoms with Crippen LogP contribution in [-0.4, -0.2) is 15.1 Å². The van der Waals surface area contributed by atoms with E-state index in [1.54, 1.807) is 6.92 Å². The van der Waals surface area contributed by atoms with Gasteiger partial charge in [-0.05, 0) is 36.6 Å². The summed E-state index contributed by atoms with van der Waals surface area (Å²) in [6.45, 7) is 5.48. The van der Waals surface area contributed by atoms with Crippen LogP contribution in [-0.2, 0) is 0 Å². The minimum Gasteiger partial charge on any atom is -0.507 e. The van der Waals surface area contributed by atoms with Gasteiger partial charge in [0.05, 0.1) is 16.3 Å². The van der Waals surface area contributed by atoms with E-state index in [1.165, 1.54) is 24.5 Å². The quantitative estimate of drug-likeness (QED) is 0.677. The Kier molecular flexibility index (Phi) is 4.13. The molecular weight excluding hydrogens is 334 g/mol. The molecule has 0 amide bonds. The molecule has 0 aliphatic rings. The van der Waals surface area contributed by atoms with Gasteiger partial charge in [-0.2, -0.15) is 0 Å². The molecular formula is C18H15ClF2N2O. The van der Waals surface area contributed by atoms with Crippen LogP contribution < -0.4 is 0 Å². The molecule has 1 N–H and O–H groups in total. The van der Waals surface area contributed by atoms with Crippen molar-refractivity contribution in [1.82, 2.24) is 9.97 Å². The average molecular weight is 349 g/mol. The molecule has 0 spiro atoms. The van der Waals surface area contributed by atoms with Crippen LogP contribution >= 0.6 is 11.6 Å². The number of nitrogens with zero attached hydrogens (tertiary/aromatic N) is 2. The second kappa shape index (κ2) is 5.98. The number of aromatic hydroxyl groups is 1. The normalized spacial score (nSPS) is 11.5. The Morgan fingerprint density at radius 3 is 2.42 bits per heavy atom. The number of rotatable bonds is 2. The van der Waals surface area contributed by atoms with E-state index < -0.39 is 11.6 Å². The van der Waals surface area contributed by atoms with E-state index in [-0.39, 0.29) is 33.3 Å². The zero-order valence-electron chi connectivity index (χ0n) is 13.4. The van der Waals surface area contributed by atoms with Crippen molar-refractivity contribution >= 4 is 22.5 Å². The number of phenols is 1. The molecule has 3 aromatic rings. The molecule has 1 heterocycles.